The van der Waals surface area contributed by atoms with E-state index in [2.05, 4.69) is 35.4 Å². The summed E-state index contributed by atoms with van der Waals surface area (Å²) in [6.45, 7) is 8.15. The summed E-state index contributed by atoms with van der Waals surface area (Å²) in [6, 6.07) is 6.18. The number of benzene rings is 1. The molecule has 0 spiro atoms. The summed E-state index contributed by atoms with van der Waals surface area (Å²) < 4.78 is 5.03. The first-order valence-electron chi connectivity index (χ1n) is 7.26. The Kier molecular flexibility index (Phi) is 3.48. The van der Waals surface area contributed by atoms with Gasteiger partial charge in [-0.25, -0.2) is 0 Å². The molecule has 0 bridgehead atoms. The van der Waals surface area contributed by atoms with Gasteiger partial charge in [0.05, 0.1) is 5.69 Å². The van der Waals surface area contributed by atoms with Crippen LogP contribution in [0.3, 0.4) is 0 Å². The molecule has 1 aromatic carbocycles. The average molecular weight is 297 g/mol. The first kappa shape index (κ1) is 14.4. The highest BCUT2D eigenvalue weighted by atomic mass is 16.5. The van der Waals surface area contributed by atoms with Crippen molar-refractivity contribution in [1.29, 1.82) is 0 Å². The lowest BCUT2D eigenvalue weighted by molar-refractivity contribution is 0.0949. The van der Waals surface area contributed by atoms with Gasteiger partial charge in [-0.3, -0.25) is 4.79 Å². The van der Waals surface area contributed by atoms with Crippen molar-refractivity contribution < 1.29 is 9.32 Å². The van der Waals surface area contributed by atoms with E-state index in [4.69, 9.17) is 4.52 Å². The lowest BCUT2D eigenvalue weighted by atomic mass is 10.1. The lowest BCUT2D eigenvalue weighted by Gasteiger charge is -2.05. The van der Waals surface area contributed by atoms with E-state index in [1.165, 1.54) is 16.6 Å². The minimum atomic E-state index is -0.154. The van der Waals surface area contributed by atoms with Crippen molar-refractivity contribution in [3.8, 4) is 0 Å². The number of aromatic nitrogens is 2. The number of carbonyl (C=O) groups is 1. The molecule has 0 saturated heterocycles. The summed E-state index contributed by atoms with van der Waals surface area (Å²) in [4.78, 5) is 15.6. The van der Waals surface area contributed by atoms with Gasteiger partial charge in [0.1, 0.15) is 11.3 Å². The number of aryl methyl sites for hydroxylation is 4. The van der Waals surface area contributed by atoms with Crippen LogP contribution in [0, 0.1) is 27.7 Å². The highest BCUT2D eigenvalue weighted by Crippen LogP contribution is 2.22. The van der Waals surface area contributed by atoms with Crippen LogP contribution in [0.25, 0.3) is 10.9 Å². The third-order valence-corrected chi connectivity index (χ3v) is 4.09. The van der Waals surface area contributed by atoms with Crippen LogP contribution in [0.4, 0.5) is 0 Å². The first-order chi connectivity index (χ1) is 10.5. The first-order valence-corrected chi connectivity index (χ1v) is 7.26. The molecule has 0 atom stereocenters. The quantitative estimate of drug-likeness (QED) is 0.779. The van der Waals surface area contributed by atoms with Gasteiger partial charge in [0, 0.05) is 23.1 Å². The third-order valence-electron chi connectivity index (χ3n) is 4.09. The Labute approximate surface area is 128 Å². The van der Waals surface area contributed by atoms with Crippen LogP contribution in [-0.4, -0.2) is 16.0 Å². The van der Waals surface area contributed by atoms with E-state index >= 15 is 0 Å². The van der Waals surface area contributed by atoms with E-state index in [1.807, 2.05) is 12.1 Å². The lowest BCUT2D eigenvalue weighted by Crippen LogP contribution is -2.23. The molecule has 0 saturated carbocycles. The number of nitrogens with zero attached hydrogens (tertiary/aromatic N) is 1. The SMILES string of the molecule is Cc1noc(C)c1C(=O)NCc1ccc2[nH]c(C)c(C)c2c1. The molecule has 0 aliphatic carbocycles. The Balaban J connectivity index is 1.79. The number of aromatic amines is 1. The number of fused-ring (bicyclic) bond motifs is 1. The number of nitrogens with one attached hydrogen (secondary N) is 2. The van der Waals surface area contributed by atoms with Gasteiger partial charge >= 0.3 is 0 Å². The van der Waals surface area contributed by atoms with E-state index in [1.54, 1.807) is 13.8 Å². The fourth-order valence-electron chi connectivity index (χ4n) is 2.70. The van der Waals surface area contributed by atoms with Gasteiger partial charge in [-0.15, -0.1) is 0 Å². The van der Waals surface area contributed by atoms with E-state index in [-0.39, 0.29) is 5.91 Å². The van der Waals surface area contributed by atoms with Gasteiger partial charge in [0.25, 0.3) is 5.91 Å². The number of hydrogen-bond acceptors (Lipinski definition) is 3. The topological polar surface area (TPSA) is 70.9 Å². The van der Waals surface area contributed by atoms with Crippen molar-refractivity contribution in [2.75, 3.05) is 0 Å². The normalized spacial score (nSPS) is 11.1. The number of amides is 1. The smallest absolute Gasteiger partial charge is 0.257 e. The van der Waals surface area contributed by atoms with Crippen LogP contribution < -0.4 is 5.32 Å². The summed E-state index contributed by atoms with van der Waals surface area (Å²) >= 11 is 0. The second kappa shape index (κ2) is 5.33. The maximum atomic E-state index is 12.2. The van der Waals surface area contributed by atoms with Crippen LogP contribution in [0.1, 0.15) is 38.6 Å². The number of hydrogen-bond donors (Lipinski definition) is 2. The van der Waals surface area contributed by atoms with E-state index in [0.717, 1.165) is 11.1 Å². The Morgan fingerprint density at radius 3 is 2.73 bits per heavy atom. The molecule has 1 amide bonds. The van der Waals surface area contributed by atoms with Gasteiger partial charge in [0.2, 0.25) is 0 Å². The predicted molar refractivity (Wildman–Crippen MR) is 84.9 cm³/mol. The molecule has 3 aromatic rings. The summed E-state index contributed by atoms with van der Waals surface area (Å²) in [5.74, 6) is 0.390. The molecular formula is C17H19N3O2. The molecule has 0 unspecified atom stereocenters. The van der Waals surface area contributed by atoms with Gasteiger partial charge < -0.3 is 14.8 Å². The highest BCUT2D eigenvalue weighted by Gasteiger charge is 2.17. The van der Waals surface area contributed by atoms with E-state index in [0.29, 0.717) is 23.6 Å². The van der Waals surface area contributed by atoms with Gasteiger partial charge in [-0.1, -0.05) is 11.2 Å². The third kappa shape index (κ3) is 2.39. The van der Waals surface area contributed by atoms with E-state index < -0.39 is 0 Å². The average Bonchev–Trinajstić information content (AvgIpc) is 2.97. The molecule has 0 aliphatic rings. The fourth-order valence-corrected chi connectivity index (χ4v) is 2.70. The molecule has 0 aliphatic heterocycles. The zero-order chi connectivity index (χ0) is 15.9. The van der Waals surface area contributed by atoms with Crippen LogP contribution >= 0.6 is 0 Å². The molecule has 22 heavy (non-hydrogen) atoms. The van der Waals surface area contributed by atoms with Crippen molar-refractivity contribution >= 4 is 16.8 Å². The molecule has 3 rings (SSSR count). The molecule has 114 valence electrons. The van der Waals surface area contributed by atoms with Crippen LogP contribution in [0.15, 0.2) is 22.7 Å². The Hall–Kier alpha value is -2.56. The summed E-state index contributed by atoms with van der Waals surface area (Å²) in [7, 11) is 0. The van der Waals surface area contributed by atoms with Crippen LogP contribution in [0.5, 0.6) is 0 Å². The van der Waals surface area contributed by atoms with E-state index in [9.17, 15) is 4.79 Å². The Bertz CT molecular complexity index is 839. The zero-order valence-electron chi connectivity index (χ0n) is 13.2. The molecular weight excluding hydrogens is 278 g/mol. The molecule has 2 aromatic heterocycles. The summed E-state index contributed by atoms with van der Waals surface area (Å²) in [6.07, 6.45) is 0. The van der Waals surface area contributed by atoms with Crippen LogP contribution in [0.2, 0.25) is 0 Å². The predicted octanol–water partition coefficient (Wildman–Crippen LogP) is 3.32. The van der Waals surface area contributed by atoms with Crippen molar-refractivity contribution in [2.24, 2.45) is 0 Å². The van der Waals surface area contributed by atoms with Crippen LogP contribution in [-0.2, 0) is 6.54 Å². The largest absolute Gasteiger partial charge is 0.361 e. The maximum absolute atomic E-state index is 12.2. The number of rotatable bonds is 3. The van der Waals surface area contributed by atoms with Gasteiger partial charge in [0.15, 0.2) is 0 Å². The highest BCUT2D eigenvalue weighted by molar-refractivity contribution is 5.96. The summed E-state index contributed by atoms with van der Waals surface area (Å²) in [5.41, 5.74) is 5.74. The maximum Gasteiger partial charge on any atom is 0.257 e. The fraction of sp³-hybridized carbons (Fsp3) is 0.294. The Morgan fingerprint density at radius 1 is 1.27 bits per heavy atom. The number of carbonyl (C=O) groups excluding carboxylic acids is 1. The minimum Gasteiger partial charge on any atom is -0.361 e. The molecule has 2 heterocycles. The molecule has 5 nitrogen and oxygen atoms in total. The van der Waals surface area contributed by atoms with Crippen molar-refractivity contribution in [2.45, 2.75) is 34.2 Å². The van der Waals surface area contributed by atoms with Crippen molar-refractivity contribution in [3.63, 3.8) is 0 Å². The standard InChI is InChI=1S/C17H19N3O2/c1-9-10(2)19-15-6-5-13(7-14(9)15)8-18-17(21)16-11(3)20-22-12(16)4/h5-7,19H,8H2,1-4H3,(H,18,21). The second-order valence-corrected chi connectivity index (χ2v) is 5.64. The van der Waals surface area contributed by atoms with Gasteiger partial charge in [-0.2, -0.15) is 0 Å². The molecule has 5 heteroatoms. The summed E-state index contributed by atoms with van der Waals surface area (Å²) in [5, 5.41) is 7.93. The minimum absolute atomic E-state index is 0.154. The Morgan fingerprint density at radius 2 is 2.05 bits per heavy atom. The van der Waals surface area contributed by atoms with Crippen molar-refractivity contribution in [1.82, 2.24) is 15.5 Å². The molecule has 2 N–H and O–H groups in total. The van der Waals surface area contributed by atoms with Crippen molar-refractivity contribution in [3.05, 3.63) is 52.0 Å². The second-order valence-electron chi connectivity index (χ2n) is 5.64. The van der Waals surface area contributed by atoms with Gasteiger partial charge in [-0.05, 0) is 51.0 Å². The monoisotopic (exact) mass is 297 g/mol. The zero-order valence-corrected chi connectivity index (χ0v) is 13.2. The number of H-pyrrole nitrogens is 1. The molecule has 0 fully saturated rings. The molecule has 0 radical (unpaired) electrons.